The van der Waals surface area contributed by atoms with Crippen molar-refractivity contribution in [1.82, 2.24) is 20.4 Å². The lowest BCUT2D eigenvalue weighted by molar-refractivity contribution is 0.102. The predicted octanol–water partition coefficient (Wildman–Crippen LogP) is 3.88. The molecule has 8 heteroatoms. The summed E-state index contributed by atoms with van der Waals surface area (Å²) in [6, 6.07) is 19.0. The third kappa shape index (κ3) is 5.01. The van der Waals surface area contributed by atoms with Gasteiger partial charge in [-0.05, 0) is 30.5 Å². The van der Waals surface area contributed by atoms with Crippen LogP contribution in [0.15, 0.2) is 60.7 Å². The first-order valence-electron chi connectivity index (χ1n) is 9.95. The number of carbonyl (C=O) groups excluding carboxylic acids is 2. The summed E-state index contributed by atoms with van der Waals surface area (Å²) in [4.78, 5) is 26.8. The molecule has 1 saturated heterocycles. The standard InChI is InChI=1S/C22H23N5O2S/c28-19(24-18-11-5-2-6-12-18)21-26-25-20(30-21)17-10-7-13-27(15-17)22(29)23-14-16-8-3-1-4-9-16/h1-6,8-9,11-12,17H,7,10,13-15H2,(H,23,29)(H,24,28)/t17-/m1/s1. The Labute approximate surface area is 179 Å². The van der Waals surface area contributed by atoms with Gasteiger partial charge in [-0.15, -0.1) is 10.2 Å². The van der Waals surface area contributed by atoms with Crippen molar-refractivity contribution >= 4 is 29.0 Å². The Kier molecular flexibility index (Phi) is 6.34. The fraction of sp³-hybridized carbons (Fsp3) is 0.273. The van der Waals surface area contributed by atoms with Gasteiger partial charge in [0.1, 0.15) is 5.01 Å². The number of piperidine rings is 1. The Bertz CT molecular complexity index is 993. The zero-order chi connectivity index (χ0) is 20.8. The van der Waals surface area contributed by atoms with Gasteiger partial charge in [-0.1, -0.05) is 59.9 Å². The maximum atomic E-state index is 12.6. The molecule has 0 bridgehead atoms. The Hall–Kier alpha value is -3.26. The maximum absolute atomic E-state index is 12.6. The number of rotatable bonds is 5. The Morgan fingerprint density at radius 3 is 2.53 bits per heavy atom. The largest absolute Gasteiger partial charge is 0.334 e. The summed E-state index contributed by atoms with van der Waals surface area (Å²) in [5, 5.41) is 15.3. The molecule has 1 aromatic heterocycles. The number of carbonyl (C=O) groups is 2. The summed E-state index contributed by atoms with van der Waals surface area (Å²) in [6.07, 6.45) is 1.83. The molecule has 7 nitrogen and oxygen atoms in total. The molecule has 1 atom stereocenters. The Morgan fingerprint density at radius 2 is 1.77 bits per heavy atom. The molecule has 0 aliphatic carbocycles. The molecule has 2 aromatic carbocycles. The van der Waals surface area contributed by atoms with Crippen molar-refractivity contribution in [3.05, 3.63) is 76.2 Å². The molecule has 2 N–H and O–H groups in total. The summed E-state index contributed by atoms with van der Waals surface area (Å²) in [6.45, 7) is 1.80. The second-order valence-corrected chi connectivity index (χ2v) is 8.20. The molecule has 0 spiro atoms. The molecule has 2 heterocycles. The highest BCUT2D eigenvalue weighted by molar-refractivity contribution is 7.13. The average Bonchev–Trinajstić information content (AvgIpc) is 3.30. The molecule has 3 amide bonds. The van der Waals surface area contributed by atoms with Gasteiger partial charge in [0, 0.05) is 31.2 Å². The van der Waals surface area contributed by atoms with E-state index in [1.54, 1.807) is 0 Å². The number of nitrogens with zero attached hydrogens (tertiary/aromatic N) is 3. The van der Waals surface area contributed by atoms with E-state index < -0.39 is 0 Å². The van der Waals surface area contributed by atoms with Gasteiger partial charge in [0.25, 0.3) is 5.91 Å². The van der Waals surface area contributed by atoms with E-state index in [0.717, 1.165) is 35.6 Å². The minimum Gasteiger partial charge on any atom is -0.334 e. The number of benzene rings is 2. The van der Waals surface area contributed by atoms with Crippen molar-refractivity contribution in [2.24, 2.45) is 0 Å². The summed E-state index contributed by atoms with van der Waals surface area (Å²) < 4.78 is 0. The molecule has 0 saturated carbocycles. The van der Waals surface area contributed by atoms with Crippen LogP contribution in [-0.2, 0) is 6.54 Å². The first kappa shape index (κ1) is 20.0. The van der Waals surface area contributed by atoms with E-state index in [1.165, 1.54) is 11.3 Å². The van der Waals surface area contributed by atoms with Gasteiger partial charge in [0.2, 0.25) is 5.01 Å². The summed E-state index contributed by atoms with van der Waals surface area (Å²) in [5.74, 6) is -0.171. The number of aromatic nitrogens is 2. The number of likely N-dealkylation sites (tertiary alicyclic amines) is 1. The lowest BCUT2D eigenvalue weighted by Crippen LogP contribution is -2.44. The molecule has 1 aliphatic heterocycles. The topological polar surface area (TPSA) is 87.2 Å². The normalized spacial score (nSPS) is 16.1. The van der Waals surface area contributed by atoms with E-state index in [1.807, 2.05) is 65.6 Å². The van der Waals surface area contributed by atoms with Crippen LogP contribution in [-0.4, -0.2) is 40.1 Å². The van der Waals surface area contributed by atoms with E-state index in [2.05, 4.69) is 20.8 Å². The van der Waals surface area contributed by atoms with Gasteiger partial charge in [0.15, 0.2) is 0 Å². The first-order valence-corrected chi connectivity index (χ1v) is 10.8. The summed E-state index contributed by atoms with van der Waals surface area (Å²) in [5.41, 5.74) is 1.79. The highest BCUT2D eigenvalue weighted by atomic mass is 32.1. The summed E-state index contributed by atoms with van der Waals surface area (Å²) in [7, 11) is 0. The smallest absolute Gasteiger partial charge is 0.317 e. The number of para-hydroxylation sites is 1. The molecule has 0 radical (unpaired) electrons. The fourth-order valence-electron chi connectivity index (χ4n) is 3.45. The zero-order valence-electron chi connectivity index (χ0n) is 16.5. The van der Waals surface area contributed by atoms with Gasteiger partial charge in [0.05, 0.1) is 0 Å². The van der Waals surface area contributed by atoms with E-state index >= 15 is 0 Å². The van der Waals surface area contributed by atoms with Gasteiger partial charge < -0.3 is 15.5 Å². The van der Waals surface area contributed by atoms with Crippen molar-refractivity contribution in [3.63, 3.8) is 0 Å². The zero-order valence-corrected chi connectivity index (χ0v) is 17.3. The van der Waals surface area contributed by atoms with Crippen LogP contribution in [0.1, 0.15) is 39.1 Å². The molecule has 1 fully saturated rings. The molecule has 1 aliphatic rings. The van der Waals surface area contributed by atoms with Crippen LogP contribution in [0.2, 0.25) is 0 Å². The van der Waals surface area contributed by atoms with Crippen molar-refractivity contribution in [2.75, 3.05) is 18.4 Å². The van der Waals surface area contributed by atoms with Gasteiger partial charge >= 0.3 is 6.03 Å². The van der Waals surface area contributed by atoms with E-state index in [9.17, 15) is 9.59 Å². The number of hydrogen-bond donors (Lipinski definition) is 2. The molecule has 154 valence electrons. The predicted molar refractivity (Wildman–Crippen MR) is 117 cm³/mol. The van der Waals surface area contributed by atoms with Gasteiger partial charge in [-0.25, -0.2) is 4.79 Å². The number of hydrogen-bond acceptors (Lipinski definition) is 5. The van der Waals surface area contributed by atoms with Crippen LogP contribution in [0.25, 0.3) is 0 Å². The third-order valence-corrected chi connectivity index (χ3v) is 6.10. The molecule has 0 unspecified atom stereocenters. The van der Waals surface area contributed by atoms with Crippen molar-refractivity contribution in [2.45, 2.75) is 25.3 Å². The molecule has 3 aromatic rings. The number of urea groups is 1. The average molecular weight is 422 g/mol. The molecule has 4 rings (SSSR count). The monoisotopic (exact) mass is 421 g/mol. The first-order chi connectivity index (χ1) is 14.7. The molecular formula is C22H23N5O2S. The highest BCUT2D eigenvalue weighted by Crippen LogP contribution is 2.29. The lowest BCUT2D eigenvalue weighted by atomic mass is 9.99. The van der Waals surface area contributed by atoms with Crippen molar-refractivity contribution in [1.29, 1.82) is 0 Å². The van der Waals surface area contributed by atoms with Crippen LogP contribution < -0.4 is 10.6 Å². The SMILES string of the molecule is O=C(Nc1ccccc1)c1nnc([C@@H]2CCCN(C(=O)NCc3ccccc3)C2)s1. The van der Waals surface area contributed by atoms with E-state index in [0.29, 0.717) is 18.1 Å². The van der Waals surface area contributed by atoms with Crippen LogP contribution in [0.5, 0.6) is 0 Å². The second-order valence-electron chi connectivity index (χ2n) is 7.20. The third-order valence-electron chi connectivity index (χ3n) is 5.01. The van der Waals surface area contributed by atoms with Gasteiger partial charge in [-0.3, -0.25) is 4.79 Å². The molecule has 30 heavy (non-hydrogen) atoms. The minimum absolute atomic E-state index is 0.0740. The number of amides is 3. The lowest BCUT2D eigenvalue weighted by Gasteiger charge is -2.31. The maximum Gasteiger partial charge on any atom is 0.317 e. The molecular weight excluding hydrogens is 398 g/mol. The van der Waals surface area contributed by atoms with Crippen LogP contribution in [0.3, 0.4) is 0 Å². The van der Waals surface area contributed by atoms with E-state index in [-0.39, 0.29) is 17.9 Å². The number of nitrogens with one attached hydrogen (secondary N) is 2. The van der Waals surface area contributed by atoms with Crippen molar-refractivity contribution < 1.29 is 9.59 Å². The Morgan fingerprint density at radius 1 is 1.03 bits per heavy atom. The van der Waals surface area contributed by atoms with Crippen molar-refractivity contribution in [3.8, 4) is 0 Å². The Balaban J connectivity index is 1.34. The quantitative estimate of drug-likeness (QED) is 0.655. The fourth-order valence-corrected chi connectivity index (χ4v) is 4.31. The second kappa shape index (κ2) is 9.49. The van der Waals surface area contributed by atoms with Crippen LogP contribution in [0.4, 0.5) is 10.5 Å². The number of anilines is 1. The van der Waals surface area contributed by atoms with E-state index in [4.69, 9.17) is 0 Å². The minimum atomic E-state index is -0.266. The summed E-state index contributed by atoms with van der Waals surface area (Å²) >= 11 is 1.30. The van der Waals surface area contributed by atoms with Gasteiger partial charge in [-0.2, -0.15) is 0 Å². The highest BCUT2D eigenvalue weighted by Gasteiger charge is 2.28. The van der Waals surface area contributed by atoms with Crippen LogP contribution >= 0.6 is 11.3 Å². The van der Waals surface area contributed by atoms with Crippen LogP contribution in [0, 0.1) is 0 Å².